The van der Waals surface area contributed by atoms with E-state index in [-0.39, 0.29) is 16.6 Å². The van der Waals surface area contributed by atoms with Crippen LogP contribution in [-0.2, 0) is 11.2 Å². The number of nitrogens with zero attached hydrogens (tertiary/aromatic N) is 2. The Labute approximate surface area is 131 Å². The molecule has 2 aromatic rings. The van der Waals surface area contributed by atoms with Crippen LogP contribution in [0.2, 0.25) is 10.2 Å². The van der Waals surface area contributed by atoms with Crippen molar-refractivity contribution in [2.24, 2.45) is 0 Å². The third-order valence-electron chi connectivity index (χ3n) is 2.68. The van der Waals surface area contributed by atoms with E-state index < -0.39 is 5.97 Å². The standard InChI is InChI=1S/C14H12Cl2N2O3/c1-20-14(19)11-8-12(16)17-18-13(11)21-7-6-9-2-4-10(15)5-3-9/h2-5,8H,6-7H2,1H3. The van der Waals surface area contributed by atoms with Crippen molar-refractivity contribution < 1.29 is 14.3 Å². The topological polar surface area (TPSA) is 61.3 Å². The Hall–Kier alpha value is -1.85. The maximum atomic E-state index is 11.6. The zero-order valence-corrected chi connectivity index (χ0v) is 12.7. The molecule has 0 saturated heterocycles. The molecule has 0 radical (unpaired) electrons. The van der Waals surface area contributed by atoms with Gasteiger partial charge in [0.15, 0.2) is 5.15 Å². The van der Waals surface area contributed by atoms with Crippen LogP contribution in [0.25, 0.3) is 0 Å². The van der Waals surface area contributed by atoms with Crippen LogP contribution < -0.4 is 4.74 Å². The average Bonchev–Trinajstić information content (AvgIpc) is 2.50. The summed E-state index contributed by atoms with van der Waals surface area (Å²) in [6.45, 7) is 0.335. The van der Waals surface area contributed by atoms with Crippen LogP contribution in [-0.4, -0.2) is 29.9 Å². The van der Waals surface area contributed by atoms with E-state index in [2.05, 4.69) is 14.9 Å². The molecule has 2 rings (SSSR count). The van der Waals surface area contributed by atoms with E-state index in [1.807, 2.05) is 12.1 Å². The van der Waals surface area contributed by atoms with Gasteiger partial charge in [0.1, 0.15) is 5.56 Å². The van der Waals surface area contributed by atoms with Gasteiger partial charge < -0.3 is 9.47 Å². The van der Waals surface area contributed by atoms with Crippen molar-refractivity contribution in [3.63, 3.8) is 0 Å². The predicted octanol–water partition coefficient (Wildman–Crippen LogP) is 3.19. The lowest BCUT2D eigenvalue weighted by molar-refractivity contribution is 0.0594. The minimum atomic E-state index is -0.576. The molecule has 1 aromatic heterocycles. The Morgan fingerprint density at radius 1 is 1.19 bits per heavy atom. The molecule has 0 fully saturated rings. The third kappa shape index (κ3) is 4.31. The van der Waals surface area contributed by atoms with Gasteiger partial charge in [-0.1, -0.05) is 35.3 Å². The van der Waals surface area contributed by atoms with E-state index in [9.17, 15) is 4.79 Å². The molecule has 0 spiro atoms. The molecule has 0 amide bonds. The summed E-state index contributed by atoms with van der Waals surface area (Å²) >= 11 is 11.5. The van der Waals surface area contributed by atoms with E-state index in [1.54, 1.807) is 12.1 Å². The first-order valence-corrected chi connectivity index (χ1v) is 6.84. The number of hydrogen-bond acceptors (Lipinski definition) is 5. The van der Waals surface area contributed by atoms with Gasteiger partial charge in [0, 0.05) is 11.4 Å². The highest BCUT2D eigenvalue weighted by Crippen LogP contribution is 2.19. The Kier molecular flexibility index (Phi) is 5.36. The van der Waals surface area contributed by atoms with E-state index in [4.69, 9.17) is 27.9 Å². The zero-order chi connectivity index (χ0) is 15.2. The molecule has 1 aromatic carbocycles. The maximum Gasteiger partial charge on any atom is 0.343 e. The van der Waals surface area contributed by atoms with Crippen LogP contribution in [0, 0.1) is 0 Å². The molecule has 0 unspecified atom stereocenters. The summed E-state index contributed by atoms with van der Waals surface area (Å²) in [4.78, 5) is 11.6. The van der Waals surface area contributed by atoms with Gasteiger partial charge in [0.25, 0.3) is 0 Å². The van der Waals surface area contributed by atoms with E-state index in [0.29, 0.717) is 18.1 Å². The fourth-order valence-corrected chi connectivity index (χ4v) is 1.91. The Balaban J connectivity index is 2.02. The molecule has 21 heavy (non-hydrogen) atoms. The first kappa shape index (κ1) is 15.5. The van der Waals surface area contributed by atoms with Crippen molar-refractivity contribution >= 4 is 29.2 Å². The molecule has 0 saturated carbocycles. The van der Waals surface area contributed by atoms with Crippen LogP contribution in [0.15, 0.2) is 30.3 Å². The first-order valence-electron chi connectivity index (χ1n) is 6.09. The van der Waals surface area contributed by atoms with Crippen molar-refractivity contribution in [3.8, 4) is 5.88 Å². The second-order valence-electron chi connectivity index (χ2n) is 4.10. The summed E-state index contributed by atoms with van der Waals surface area (Å²) < 4.78 is 10.1. The summed E-state index contributed by atoms with van der Waals surface area (Å²) in [5.74, 6) is -0.478. The SMILES string of the molecule is COC(=O)c1cc(Cl)nnc1OCCc1ccc(Cl)cc1. The lowest BCUT2D eigenvalue weighted by atomic mass is 10.2. The summed E-state index contributed by atoms with van der Waals surface area (Å²) in [5, 5.41) is 8.20. The lowest BCUT2D eigenvalue weighted by Gasteiger charge is -2.08. The van der Waals surface area contributed by atoms with Crippen molar-refractivity contribution in [2.45, 2.75) is 6.42 Å². The number of halogens is 2. The maximum absolute atomic E-state index is 11.6. The molecule has 0 aliphatic heterocycles. The average molecular weight is 327 g/mol. The lowest BCUT2D eigenvalue weighted by Crippen LogP contribution is -2.10. The van der Waals surface area contributed by atoms with Crippen molar-refractivity contribution in [1.82, 2.24) is 10.2 Å². The van der Waals surface area contributed by atoms with Gasteiger partial charge in [-0.25, -0.2) is 4.79 Å². The van der Waals surface area contributed by atoms with Gasteiger partial charge >= 0.3 is 5.97 Å². The zero-order valence-electron chi connectivity index (χ0n) is 11.2. The summed E-state index contributed by atoms with van der Waals surface area (Å²) in [5.41, 5.74) is 1.20. The number of carbonyl (C=O) groups excluding carboxylic acids is 1. The van der Waals surface area contributed by atoms with E-state index >= 15 is 0 Å². The van der Waals surface area contributed by atoms with Crippen molar-refractivity contribution in [3.05, 3.63) is 51.6 Å². The first-order chi connectivity index (χ1) is 10.1. The van der Waals surface area contributed by atoms with Crippen LogP contribution in [0.4, 0.5) is 0 Å². The normalized spacial score (nSPS) is 10.2. The highest BCUT2D eigenvalue weighted by Gasteiger charge is 2.16. The largest absolute Gasteiger partial charge is 0.476 e. The fourth-order valence-electron chi connectivity index (χ4n) is 1.64. The Morgan fingerprint density at radius 3 is 2.57 bits per heavy atom. The van der Waals surface area contributed by atoms with Gasteiger partial charge in [-0.3, -0.25) is 0 Å². The van der Waals surface area contributed by atoms with Crippen LogP contribution in [0.3, 0.4) is 0 Å². The molecule has 0 N–H and O–H groups in total. The minimum absolute atomic E-state index is 0.0974. The molecule has 0 aliphatic carbocycles. The molecule has 7 heteroatoms. The van der Waals surface area contributed by atoms with Crippen LogP contribution >= 0.6 is 23.2 Å². The van der Waals surface area contributed by atoms with Gasteiger partial charge in [0.2, 0.25) is 5.88 Å². The van der Waals surface area contributed by atoms with Crippen molar-refractivity contribution in [2.75, 3.05) is 13.7 Å². The summed E-state index contributed by atoms with van der Waals surface area (Å²) in [6, 6.07) is 8.77. The number of benzene rings is 1. The summed E-state index contributed by atoms with van der Waals surface area (Å²) in [7, 11) is 1.27. The number of hydrogen-bond donors (Lipinski definition) is 0. The third-order valence-corrected chi connectivity index (χ3v) is 3.11. The smallest absolute Gasteiger partial charge is 0.343 e. The number of esters is 1. The van der Waals surface area contributed by atoms with Gasteiger partial charge in [-0.2, -0.15) is 0 Å². The minimum Gasteiger partial charge on any atom is -0.476 e. The second-order valence-corrected chi connectivity index (χ2v) is 4.93. The number of methoxy groups -OCH3 is 1. The molecular formula is C14H12Cl2N2O3. The van der Waals surface area contributed by atoms with E-state index in [1.165, 1.54) is 13.2 Å². The van der Waals surface area contributed by atoms with Crippen molar-refractivity contribution in [1.29, 1.82) is 0 Å². The molecule has 1 heterocycles. The highest BCUT2D eigenvalue weighted by molar-refractivity contribution is 6.30. The molecule has 0 bridgehead atoms. The molecule has 0 atom stereocenters. The number of ether oxygens (including phenoxy) is 2. The molecule has 110 valence electrons. The molecule has 5 nitrogen and oxygen atoms in total. The van der Waals surface area contributed by atoms with Gasteiger partial charge in [-0.15, -0.1) is 10.2 Å². The van der Waals surface area contributed by atoms with E-state index in [0.717, 1.165) is 5.56 Å². The Morgan fingerprint density at radius 2 is 1.90 bits per heavy atom. The van der Waals surface area contributed by atoms with Crippen LogP contribution in [0.1, 0.15) is 15.9 Å². The summed E-state index contributed by atoms with van der Waals surface area (Å²) in [6.07, 6.45) is 0.641. The molecule has 0 aliphatic rings. The number of carbonyl (C=O) groups is 1. The number of aromatic nitrogens is 2. The predicted molar refractivity (Wildman–Crippen MR) is 79.0 cm³/mol. The second kappa shape index (κ2) is 7.24. The fraction of sp³-hybridized carbons (Fsp3) is 0.214. The highest BCUT2D eigenvalue weighted by atomic mass is 35.5. The molecular weight excluding hydrogens is 315 g/mol. The monoisotopic (exact) mass is 326 g/mol. The Bertz CT molecular complexity index is 633. The quantitative estimate of drug-likeness (QED) is 0.789. The number of rotatable bonds is 5. The van der Waals surface area contributed by atoms with Crippen LogP contribution in [0.5, 0.6) is 5.88 Å². The van der Waals surface area contributed by atoms with Gasteiger partial charge in [-0.05, 0) is 23.8 Å². The van der Waals surface area contributed by atoms with Gasteiger partial charge in [0.05, 0.1) is 13.7 Å².